The third kappa shape index (κ3) is 4.53. The zero-order valence-electron chi connectivity index (χ0n) is 13.7. The van der Waals surface area contributed by atoms with Crippen molar-refractivity contribution in [3.63, 3.8) is 0 Å². The fraction of sp³-hybridized carbons (Fsp3) is 0.312. The molecule has 6 nitrogen and oxygen atoms in total. The standard InChI is InChI=1S/C16H21N5OS/c1-10-5-7-13(8-6-10)18-16(23)17-9-14(22)19-15-11(2)20-21(4)12(15)3/h5-8H,9H2,1-4H3,(H,19,22)(H2,17,18,23). The minimum Gasteiger partial charge on any atom is -0.353 e. The Labute approximate surface area is 141 Å². The van der Waals surface area contributed by atoms with Gasteiger partial charge in [-0.05, 0) is 45.1 Å². The fourth-order valence-electron chi connectivity index (χ4n) is 2.11. The lowest BCUT2D eigenvalue weighted by atomic mass is 10.2. The second kappa shape index (κ2) is 7.23. The van der Waals surface area contributed by atoms with Crippen molar-refractivity contribution in [3.8, 4) is 0 Å². The van der Waals surface area contributed by atoms with Gasteiger partial charge in [0, 0.05) is 12.7 Å². The first-order valence-corrected chi connectivity index (χ1v) is 7.69. The summed E-state index contributed by atoms with van der Waals surface area (Å²) in [5, 5.41) is 13.5. The molecular formula is C16H21N5OS. The Morgan fingerprint density at radius 1 is 1.17 bits per heavy atom. The lowest BCUT2D eigenvalue weighted by Gasteiger charge is -2.11. The Hall–Kier alpha value is -2.41. The van der Waals surface area contributed by atoms with Crippen LogP contribution in [0.15, 0.2) is 24.3 Å². The van der Waals surface area contributed by atoms with Crippen LogP contribution in [0.1, 0.15) is 17.0 Å². The number of benzene rings is 1. The summed E-state index contributed by atoms with van der Waals surface area (Å²) in [6.07, 6.45) is 0. The maximum atomic E-state index is 12.0. The Bertz CT molecular complexity index is 721. The number of carbonyl (C=O) groups is 1. The molecule has 2 aromatic rings. The van der Waals surface area contributed by atoms with Crippen LogP contribution in [0.3, 0.4) is 0 Å². The highest BCUT2D eigenvalue weighted by atomic mass is 32.1. The number of hydrogen-bond acceptors (Lipinski definition) is 3. The zero-order chi connectivity index (χ0) is 17.0. The average Bonchev–Trinajstić information content (AvgIpc) is 2.74. The van der Waals surface area contributed by atoms with Crippen molar-refractivity contribution >= 4 is 34.6 Å². The molecule has 1 amide bonds. The summed E-state index contributed by atoms with van der Waals surface area (Å²) < 4.78 is 1.74. The van der Waals surface area contributed by atoms with Gasteiger partial charge in [0.15, 0.2) is 5.11 Å². The van der Waals surface area contributed by atoms with Crippen molar-refractivity contribution in [3.05, 3.63) is 41.2 Å². The molecule has 2 rings (SSSR count). The predicted octanol–water partition coefficient (Wildman–Crippen LogP) is 2.27. The topological polar surface area (TPSA) is 71.0 Å². The van der Waals surface area contributed by atoms with E-state index in [0.717, 1.165) is 22.8 Å². The summed E-state index contributed by atoms with van der Waals surface area (Å²) in [4.78, 5) is 12.0. The number of amides is 1. The zero-order valence-corrected chi connectivity index (χ0v) is 14.5. The lowest BCUT2D eigenvalue weighted by molar-refractivity contribution is -0.115. The van der Waals surface area contributed by atoms with E-state index in [4.69, 9.17) is 12.2 Å². The summed E-state index contributed by atoms with van der Waals surface area (Å²) in [6.45, 7) is 5.88. The fourth-order valence-corrected chi connectivity index (χ4v) is 2.30. The van der Waals surface area contributed by atoms with E-state index >= 15 is 0 Å². The van der Waals surface area contributed by atoms with E-state index in [1.54, 1.807) is 4.68 Å². The van der Waals surface area contributed by atoms with E-state index in [0.29, 0.717) is 5.11 Å². The monoisotopic (exact) mass is 331 g/mol. The van der Waals surface area contributed by atoms with Gasteiger partial charge in [0.05, 0.1) is 23.6 Å². The third-order valence-corrected chi connectivity index (χ3v) is 3.74. The molecule has 1 heterocycles. The number of thiocarbonyl (C=S) groups is 1. The first-order chi connectivity index (χ1) is 10.9. The number of nitrogens with one attached hydrogen (secondary N) is 3. The SMILES string of the molecule is Cc1ccc(NC(=S)NCC(=O)Nc2c(C)nn(C)c2C)cc1. The molecule has 0 bridgehead atoms. The number of hydrogen-bond donors (Lipinski definition) is 3. The smallest absolute Gasteiger partial charge is 0.243 e. The lowest BCUT2D eigenvalue weighted by Crippen LogP contribution is -2.35. The highest BCUT2D eigenvalue weighted by molar-refractivity contribution is 7.80. The molecule has 122 valence electrons. The van der Waals surface area contributed by atoms with Gasteiger partial charge < -0.3 is 16.0 Å². The molecule has 0 saturated heterocycles. The maximum absolute atomic E-state index is 12.0. The largest absolute Gasteiger partial charge is 0.353 e. The van der Waals surface area contributed by atoms with Crippen LogP contribution in [0.2, 0.25) is 0 Å². The first kappa shape index (κ1) is 17.0. The molecule has 0 fully saturated rings. The molecule has 1 aromatic heterocycles. The number of aryl methyl sites for hydroxylation is 3. The maximum Gasteiger partial charge on any atom is 0.243 e. The molecule has 0 unspecified atom stereocenters. The molecule has 0 aliphatic rings. The predicted molar refractivity (Wildman–Crippen MR) is 96.7 cm³/mol. The van der Waals surface area contributed by atoms with Crippen molar-refractivity contribution in [1.29, 1.82) is 0 Å². The number of aromatic nitrogens is 2. The van der Waals surface area contributed by atoms with Crippen molar-refractivity contribution in [1.82, 2.24) is 15.1 Å². The second-order valence-corrected chi connectivity index (χ2v) is 5.80. The molecule has 23 heavy (non-hydrogen) atoms. The summed E-state index contributed by atoms with van der Waals surface area (Å²) in [5.41, 5.74) is 4.51. The molecule has 1 aromatic carbocycles. The minimum atomic E-state index is -0.169. The van der Waals surface area contributed by atoms with Gasteiger partial charge in [-0.3, -0.25) is 9.48 Å². The molecule has 0 saturated carbocycles. The summed E-state index contributed by atoms with van der Waals surface area (Å²) in [7, 11) is 1.84. The molecular weight excluding hydrogens is 310 g/mol. The Morgan fingerprint density at radius 2 is 1.83 bits per heavy atom. The van der Waals surface area contributed by atoms with Crippen molar-refractivity contribution < 1.29 is 4.79 Å². The van der Waals surface area contributed by atoms with Crippen LogP contribution >= 0.6 is 12.2 Å². The highest BCUT2D eigenvalue weighted by Gasteiger charge is 2.12. The van der Waals surface area contributed by atoms with E-state index in [1.165, 1.54) is 5.56 Å². The van der Waals surface area contributed by atoms with Gasteiger partial charge in [0.1, 0.15) is 0 Å². The van der Waals surface area contributed by atoms with E-state index in [-0.39, 0.29) is 12.5 Å². The van der Waals surface area contributed by atoms with Crippen LogP contribution in [0.25, 0.3) is 0 Å². The minimum absolute atomic E-state index is 0.0888. The molecule has 0 aliphatic carbocycles. The second-order valence-electron chi connectivity index (χ2n) is 5.39. The van der Waals surface area contributed by atoms with Gasteiger partial charge in [0.2, 0.25) is 5.91 Å². The molecule has 0 atom stereocenters. The van der Waals surface area contributed by atoms with E-state index in [2.05, 4.69) is 21.0 Å². The van der Waals surface area contributed by atoms with Gasteiger partial charge in [0.25, 0.3) is 0 Å². The molecule has 0 aliphatic heterocycles. The van der Waals surface area contributed by atoms with Crippen molar-refractivity contribution in [2.45, 2.75) is 20.8 Å². The average molecular weight is 331 g/mol. The normalized spacial score (nSPS) is 10.3. The Balaban J connectivity index is 1.84. The summed E-state index contributed by atoms with van der Waals surface area (Å²) >= 11 is 5.19. The van der Waals surface area contributed by atoms with E-state index in [9.17, 15) is 4.79 Å². The number of nitrogens with zero attached hydrogens (tertiary/aromatic N) is 2. The first-order valence-electron chi connectivity index (χ1n) is 7.28. The molecule has 7 heteroatoms. The molecule has 0 radical (unpaired) electrons. The van der Waals surface area contributed by atoms with Crippen molar-refractivity contribution in [2.24, 2.45) is 7.05 Å². The highest BCUT2D eigenvalue weighted by Crippen LogP contribution is 2.17. The van der Waals surface area contributed by atoms with Gasteiger partial charge in [-0.1, -0.05) is 17.7 Å². The van der Waals surface area contributed by atoms with E-state index in [1.807, 2.05) is 52.1 Å². The quantitative estimate of drug-likeness (QED) is 0.750. The number of carbonyl (C=O) groups excluding carboxylic acids is 1. The summed E-state index contributed by atoms with van der Waals surface area (Å²) in [5.74, 6) is -0.169. The van der Waals surface area contributed by atoms with Crippen LogP contribution < -0.4 is 16.0 Å². The Kier molecular flexibility index (Phi) is 5.33. The summed E-state index contributed by atoms with van der Waals surface area (Å²) in [6, 6.07) is 7.86. The third-order valence-electron chi connectivity index (χ3n) is 3.49. The van der Waals surface area contributed by atoms with Crippen molar-refractivity contribution in [2.75, 3.05) is 17.2 Å². The molecule has 3 N–H and O–H groups in total. The number of anilines is 2. The van der Waals surface area contributed by atoms with Crippen LogP contribution in [0.5, 0.6) is 0 Å². The van der Waals surface area contributed by atoms with Gasteiger partial charge >= 0.3 is 0 Å². The van der Waals surface area contributed by atoms with E-state index < -0.39 is 0 Å². The van der Waals surface area contributed by atoms with Crippen LogP contribution in [-0.4, -0.2) is 27.3 Å². The van der Waals surface area contributed by atoms with Gasteiger partial charge in [-0.25, -0.2) is 0 Å². The van der Waals surface area contributed by atoms with Crippen LogP contribution in [0.4, 0.5) is 11.4 Å². The van der Waals surface area contributed by atoms with Gasteiger partial charge in [-0.2, -0.15) is 5.10 Å². The molecule has 0 spiro atoms. The number of rotatable bonds is 4. The van der Waals surface area contributed by atoms with Crippen LogP contribution in [0, 0.1) is 20.8 Å². The van der Waals surface area contributed by atoms with Crippen LogP contribution in [-0.2, 0) is 11.8 Å². The Morgan fingerprint density at radius 3 is 2.39 bits per heavy atom. The van der Waals surface area contributed by atoms with Gasteiger partial charge in [-0.15, -0.1) is 0 Å².